The number of para-hydroxylation sites is 1. The molecule has 0 radical (unpaired) electrons. The van der Waals surface area contributed by atoms with Gasteiger partial charge in [-0.05, 0) is 24.0 Å². The first-order valence-corrected chi connectivity index (χ1v) is 8.22. The number of anilines is 1. The Hall–Kier alpha value is -1.51. The molecule has 1 fully saturated rings. The first-order chi connectivity index (χ1) is 10.1. The predicted octanol–water partition coefficient (Wildman–Crippen LogP) is 3.12. The van der Waals surface area contributed by atoms with Crippen molar-refractivity contribution in [1.29, 1.82) is 0 Å². The molecular formula is C18H28N2O. The number of piperazine rings is 1. The summed E-state index contributed by atoms with van der Waals surface area (Å²) in [4.78, 5) is 16.6. The van der Waals surface area contributed by atoms with Crippen molar-refractivity contribution >= 4 is 11.6 Å². The number of amides is 1. The van der Waals surface area contributed by atoms with Gasteiger partial charge in [0, 0.05) is 37.8 Å². The van der Waals surface area contributed by atoms with E-state index in [4.69, 9.17) is 0 Å². The zero-order valence-corrected chi connectivity index (χ0v) is 13.9. The average molecular weight is 288 g/mol. The van der Waals surface area contributed by atoms with E-state index in [-0.39, 0.29) is 11.8 Å². The minimum absolute atomic E-state index is 0.102. The van der Waals surface area contributed by atoms with Crippen LogP contribution in [0.3, 0.4) is 0 Å². The maximum atomic E-state index is 12.1. The van der Waals surface area contributed by atoms with Crippen LogP contribution in [0, 0.1) is 5.92 Å². The summed E-state index contributed by atoms with van der Waals surface area (Å²) in [5.41, 5.74) is 4.27. The fourth-order valence-electron chi connectivity index (χ4n) is 3.14. The third kappa shape index (κ3) is 3.39. The third-order valence-corrected chi connectivity index (χ3v) is 4.37. The zero-order chi connectivity index (χ0) is 15.4. The Labute approximate surface area is 128 Å². The van der Waals surface area contributed by atoms with Crippen LogP contribution in [-0.2, 0) is 17.6 Å². The zero-order valence-electron chi connectivity index (χ0n) is 13.9. The first-order valence-electron chi connectivity index (χ1n) is 8.22. The summed E-state index contributed by atoms with van der Waals surface area (Å²) >= 11 is 0. The van der Waals surface area contributed by atoms with E-state index in [1.807, 2.05) is 18.7 Å². The van der Waals surface area contributed by atoms with E-state index in [2.05, 4.69) is 36.9 Å². The number of rotatable bonds is 4. The molecule has 1 saturated heterocycles. The summed E-state index contributed by atoms with van der Waals surface area (Å²) in [6, 6.07) is 6.64. The molecule has 0 saturated carbocycles. The van der Waals surface area contributed by atoms with Crippen molar-refractivity contribution in [3.05, 3.63) is 29.3 Å². The van der Waals surface area contributed by atoms with Crippen LogP contribution in [-0.4, -0.2) is 37.0 Å². The molecule has 21 heavy (non-hydrogen) atoms. The summed E-state index contributed by atoms with van der Waals surface area (Å²) in [5.74, 6) is 0.389. The molecule has 1 aromatic rings. The van der Waals surface area contributed by atoms with Gasteiger partial charge in [-0.25, -0.2) is 0 Å². The monoisotopic (exact) mass is 288 g/mol. The summed E-state index contributed by atoms with van der Waals surface area (Å²) in [7, 11) is 0. The molecule has 3 nitrogen and oxygen atoms in total. The van der Waals surface area contributed by atoms with Gasteiger partial charge in [0.05, 0.1) is 0 Å². The molecule has 0 aromatic heterocycles. The number of nitrogens with zero attached hydrogens (tertiary/aromatic N) is 2. The first kappa shape index (κ1) is 15.9. The maximum absolute atomic E-state index is 12.1. The van der Waals surface area contributed by atoms with Crippen molar-refractivity contribution in [3.8, 4) is 0 Å². The number of carbonyl (C=O) groups excluding carboxylic acids is 1. The van der Waals surface area contributed by atoms with Gasteiger partial charge >= 0.3 is 0 Å². The second kappa shape index (κ2) is 6.97. The number of carbonyl (C=O) groups is 1. The van der Waals surface area contributed by atoms with Crippen LogP contribution >= 0.6 is 0 Å². The number of aryl methyl sites for hydroxylation is 2. The second-order valence-corrected chi connectivity index (χ2v) is 6.10. The summed E-state index contributed by atoms with van der Waals surface area (Å²) in [6.45, 7) is 12.0. The van der Waals surface area contributed by atoms with Gasteiger partial charge in [0.25, 0.3) is 0 Å². The quantitative estimate of drug-likeness (QED) is 0.850. The van der Waals surface area contributed by atoms with Gasteiger partial charge in [-0.2, -0.15) is 0 Å². The highest BCUT2D eigenvalue weighted by molar-refractivity contribution is 5.78. The smallest absolute Gasteiger partial charge is 0.225 e. The molecule has 0 spiro atoms. The second-order valence-electron chi connectivity index (χ2n) is 6.10. The molecule has 2 rings (SSSR count). The van der Waals surface area contributed by atoms with E-state index in [0.29, 0.717) is 0 Å². The van der Waals surface area contributed by atoms with E-state index in [1.165, 1.54) is 16.8 Å². The van der Waals surface area contributed by atoms with Crippen LogP contribution in [0.5, 0.6) is 0 Å². The Morgan fingerprint density at radius 3 is 2.00 bits per heavy atom. The highest BCUT2D eigenvalue weighted by atomic mass is 16.2. The molecule has 0 atom stereocenters. The van der Waals surface area contributed by atoms with E-state index in [9.17, 15) is 4.79 Å². The third-order valence-electron chi connectivity index (χ3n) is 4.37. The molecule has 1 heterocycles. The fourth-order valence-corrected chi connectivity index (χ4v) is 3.14. The van der Waals surface area contributed by atoms with Crippen molar-refractivity contribution in [2.24, 2.45) is 5.92 Å². The molecular weight excluding hydrogens is 260 g/mol. The van der Waals surface area contributed by atoms with Crippen LogP contribution < -0.4 is 4.90 Å². The Bertz CT molecular complexity index is 466. The van der Waals surface area contributed by atoms with Crippen LogP contribution in [0.25, 0.3) is 0 Å². The van der Waals surface area contributed by atoms with Gasteiger partial charge in [0.15, 0.2) is 0 Å². The topological polar surface area (TPSA) is 23.6 Å². The van der Waals surface area contributed by atoms with Crippen LogP contribution in [0.15, 0.2) is 18.2 Å². The predicted molar refractivity (Wildman–Crippen MR) is 88.8 cm³/mol. The van der Waals surface area contributed by atoms with E-state index >= 15 is 0 Å². The van der Waals surface area contributed by atoms with E-state index < -0.39 is 0 Å². The lowest BCUT2D eigenvalue weighted by atomic mass is 10.0. The SMILES string of the molecule is CCc1cccc(CC)c1N1CCN(C(=O)C(C)C)CC1. The molecule has 0 aliphatic carbocycles. The Kier molecular flexibility index (Phi) is 5.27. The van der Waals surface area contributed by atoms with Crippen molar-refractivity contribution in [2.75, 3.05) is 31.1 Å². The van der Waals surface area contributed by atoms with Gasteiger partial charge in [-0.15, -0.1) is 0 Å². The minimum atomic E-state index is 0.102. The van der Waals surface area contributed by atoms with Gasteiger partial charge in [0.1, 0.15) is 0 Å². The Morgan fingerprint density at radius 1 is 1.05 bits per heavy atom. The van der Waals surface area contributed by atoms with Crippen molar-refractivity contribution in [1.82, 2.24) is 4.90 Å². The molecule has 116 valence electrons. The number of benzene rings is 1. The normalized spacial score (nSPS) is 15.7. The van der Waals surface area contributed by atoms with Crippen LogP contribution in [0.4, 0.5) is 5.69 Å². The van der Waals surface area contributed by atoms with Crippen molar-refractivity contribution < 1.29 is 4.79 Å². The standard InChI is InChI=1S/C18H28N2O/c1-5-15-8-7-9-16(6-2)17(15)19-10-12-20(13-11-19)18(21)14(3)4/h7-9,14H,5-6,10-13H2,1-4H3. The molecule has 0 bridgehead atoms. The van der Waals surface area contributed by atoms with Gasteiger partial charge in [-0.3, -0.25) is 4.79 Å². The largest absolute Gasteiger partial charge is 0.368 e. The minimum Gasteiger partial charge on any atom is -0.368 e. The summed E-state index contributed by atoms with van der Waals surface area (Å²) in [5, 5.41) is 0. The highest BCUT2D eigenvalue weighted by Crippen LogP contribution is 2.28. The maximum Gasteiger partial charge on any atom is 0.225 e. The molecule has 1 aliphatic heterocycles. The Morgan fingerprint density at radius 2 is 1.57 bits per heavy atom. The lowest BCUT2D eigenvalue weighted by Crippen LogP contribution is -2.50. The van der Waals surface area contributed by atoms with Crippen LogP contribution in [0.2, 0.25) is 0 Å². The number of hydrogen-bond acceptors (Lipinski definition) is 2. The molecule has 1 aromatic carbocycles. The van der Waals surface area contributed by atoms with Crippen LogP contribution in [0.1, 0.15) is 38.8 Å². The molecule has 0 N–H and O–H groups in total. The lowest BCUT2D eigenvalue weighted by Gasteiger charge is -2.38. The lowest BCUT2D eigenvalue weighted by molar-refractivity contribution is -0.134. The summed E-state index contributed by atoms with van der Waals surface area (Å²) in [6.07, 6.45) is 2.13. The molecule has 3 heteroatoms. The van der Waals surface area contributed by atoms with E-state index in [0.717, 1.165) is 39.0 Å². The van der Waals surface area contributed by atoms with Gasteiger partial charge < -0.3 is 9.80 Å². The summed E-state index contributed by atoms with van der Waals surface area (Å²) < 4.78 is 0. The molecule has 1 aliphatic rings. The Balaban J connectivity index is 2.14. The van der Waals surface area contributed by atoms with Crippen molar-refractivity contribution in [3.63, 3.8) is 0 Å². The molecule has 0 unspecified atom stereocenters. The van der Waals surface area contributed by atoms with E-state index in [1.54, 1.807) is 0 Å². The van der Waals surface area contributed by atoms with Gasteiger partial charge in [0.2, 0.25) is 5.91 Å². The molecule has 1 amide bonds. The number of hydrogen-bond donors (Lipinski definition) is 0. The highest BCUT2D eigenvalue weighted by Gasteiger charge is 2.24. The average Bonchev–Trinajstić information content (AvgIpc) is 2.53. The van der Waals surface area contributed by atoms with Crippen molar-refractivity contribution in [2.45, 2.75) is 40.5 Å². The van der Waals surface area contributed by atoms with Gasteiger partial charge in [-0.1, -0.05) is 45.9 Å². The fraction of sp³-hybridized carbons (Fsp3) is 0.611.